The molecule has 1 aliphatic carbocycles. The summed E-state index contributed by atoms with van der Waals surface area (Å²) in [4.78, 5) is 14.8. The molecule has 1 saturated carbocycles. The van der Waals surface area contributed by atoms with Crippen LogP contribution in [0, 0.1) is 11.3 Å². The van der Waals surface area contributed by atoms with E-state index in [4.69, 9.17) is 18.0 Å². The summed E-state index contributed by atoms with van der Waals surface area (Å²) in [6.07, 6.45) is 5.45. The van der Waals surface area contributed by atoms with Gasteiger partial charge in [0.1, 0.15) is 0 Å². The molecule has 3 nitrogen and oxygen atoms in total. The van der Waals surface area contributed by atoms with Gasteiger partial charge in [-0.15, -0.1) is 0 Å². The molecule has 0 aliphatic heterocycles. The average molecular weight is 270 g/mol. The first-order valence-corrected chi connectivity index (χ1v) is 7.32. The maximum Gasteiger partial charge on any atom is 0.235 e. The van der Waals surface area contributed by atoms with Crippen LogP contribution >= 0.6 is 12.2 Å². The van der Waals surface area contributed by atoms with Gasteiger partial charge in [0.25, 0.3) is 0 Å². The second-order valence-electron chi connectivity index (χ2n) is 5.80. The van der Waals surface area contributed by atoms with Crippen molar-refractivity contribution >= 4 is 23.1 Å². The van der Waals surface area contributed by atoms with Crippen molar-refractivity contribution in [3.63, 3.8) is 0 Å². The van der Waals surface area contributed by atoms with Crippen LogP contribution in [0.1, 0.15) is 52.9 Å². The second kappa shape index (κ2) is 6.00. The largest absolute Gasteiger partial charge is 0.392 e. The molecule has 0 aromatic rings. The van der Waals surface area contributed by atoms with E-state index in [1.807, 2.05) is 25.8 Å². The van der Waals surface area contributed by atoms with Gasteiger partial charge in [-0.3, -0.25) is 4.79 Å². The van der Waals surface area contributed by atoms with Crippen LogP contribution in [-0.2, 0) is 4.79 Å². The van der Waals surface area contributed by atoms with Crippen molar-refractivity contribution in [3.8, 4) is 0 Å². The van der Waals surface area contributed by atoms with Crippen molar-refractivity contribution in [2.24, 2.45) is 17.1 Å². The normalized spacial score (nSPS) is 27.3. The third-order valence-corrected chi connectivity index (χ3v) is 5.06. The van der Waals surface area contributed by atoms with E-state index in [0.29, 0.717) is 23.4 Å². The number of rotatable bonds is 4. The number of nitrogens with zero attached hydrogens (tertiary/aromatic N) is 1. The SMILES string of the molecule is CCC(C)(C(=O)N(C)C1CCCCC1C)C(N)=S. The molecule has 1 amide bonds. The predicted molar refractivity (Wildman–Crippen MR) is 79.4 cm³/mol. The zero-order valence-electron chi connectivity index (χ0n) is 12.0. The minimum absolute atomic E-state index is 0.0799. The highest BCUT2D eigenvalue weighted by atomic mass is 32.1. The molecule has 0 saturated heterocycles. The fourth-order valence-electron chi connectivity index (χ4n) is 2.84. The molecule has 0 heterocycles. The standard InChI is InChI=1S/C14H26N2OS/c1-5-14(3,12(15)18)13(17)16(4)11-9-7-6-8-10(11)2/h10-11H,5-9H2,1-4H3,(H2,15,18). The maximum atomic E-state index is 12.6. The van der Waals surface area contributed by atoms with Gasteiger partial charge in [-0.2, -0.15) is 0 Å². The Bertz CT molecular complexity index is 332. The number of amides is 1. The molecule has 1 rings (SSSR count). The van der Waals surface area contributed by atoms with Gasteiger partial charge in [-0.25, -0.2) is 0 Å². The minimum Gasteiger partial charge on any atom is -0.392 e. The Kier molecular flexibility index (Phi) is 5.14. The molecule has 18 heavy (non-hydrogen) atoms. The first-order valence-electron chi connectivity index (χ1n) is 6.91. The molecule has 0 bridgehead atoms. The second-order valence-corrected chi connectivity index (χ2v) is 6.23. The van der Waals surface area contributed by atoms with Gasteiger partial charge in [0, 0.05) is 13.1 Å². The van der Waals surface area contributed by atoms with Gasteiger partial charge >= 0.3 is 0 Å². The number of hydrogen-bond donors (Lipinski definition) is 1. The van der Waals surface area contributed by atoms with Gasteiger partial charge in [-0.05, 0) is 32.1 Å². The molecule has 0 radical (unpaired) electrons. The average Bonchev–Trinajstić information content (AvgIpc) is 2.36. The summed E-state index contributed by atoms with van der Waals surface area (Å²) in [6.45, 7) is 6.06. The zero-order valence-corrected chi connectivity index (χ0v) is 12.8. The highest BCUT2D eigenvalue weighted by Crippen LogP contribution is 2.31. The van der Waals surface area contributed by atoms with E-state index in [1.54, 1.807) is 0 Å². The zero-order chi connectivity index (χ0) is 13.9. The van der Waals surface area contributed by atoms with Crippen LogP contribution in [-0.4, -0.2) is 28.9 Å². The van der Waals surface area contributed by atoms with Crippen molar-refractivity contribution in [2.45, 2.75) is 58.9 Å². The Morgan fingerprint density at radius 1 is 1.44 bits per heavy atom. The van der Waals surface area contributed by atoms with Gasteiger partial charge in [0.05, 0.1) is 10.4 Å². The van der Waals surface area contributed by atoms with E-state index in [0.717, 1.165) is 6.42 Å². The highest BCUT2D eigenvalue weighted by molar-refractivity contribution is 7.80. The molecular weight excluding hydrogens is 244 g/mol. The first-order chi connectivity index (χ1) is 8.34. The summed E-state index contributed by atoms with van der Waals surface area (Å²) in [6, 6.07) is 0.339. The third kappa shape index (κ3) is 2.85. The van der Waals surface area contributed by atoms with Crippen LogP contribution < -0.4 is 5.73 Å². The van der Waals surface area contributed by atoms with Crippen molar-refractivity contribution in [2.75, 3.05) is 7.05 Å². The van der Waals surface area contributed by atoms with Gasteiger partial charge < -0.3 is 10.6 Å². The number of nitrogens with two attached hydrogens (primary N) is 1. The van der Waals surface area contributed by atoms with E-state index in [2.05, 4.69) is 6.92 Å². The monoisotopic (exact) mass is 270 g/mol. The summed E-state index contributed by atoms with van der Waals surface area (Å²) < 4.78 is 0. The lowest BCUT2D eigenvalue weighted by molar-refractivity contribution is -0.140. The highest BCUT2D eigenvalue weighted by Gasteiger charge is 2.40. The summed E-state index contributed by atoms with van der Waals surface area (Å²) in [7, 11) is 1.90. The third-order valence-electron chi connectivity index (χ3n) is 4.61. The van der Waals surface area contributed by atoms with E-state index >= 15 is 0 Å². The molecule has 1 fully saturated rings. The molecule has 0 aromatic carbocycles. The number of thiocarbonyl (C=S) groups is 1. The molecule has 0 aromatic heterocycles. The molecule has 4 heteroatoms. The van der Waals surface area contributed by atoms with Gasteiger partial charge in [-0.1, -0.05) is 38.9 Å². The Balaban J connectivity index is 2.85. The number of hydrogen-bond acceptors (Lipinski definition) is 2. The Labute approximate surface area is 116 Å². The summed E-state index contributed by atoms with van der Waals surface area (Å²) >= 11 is 5.09. The number of carbonyl (C=O) groups is 1. The van der Waals surface area contributed by atoms with Crippen LogP contribution in [0.25, 0.3) is 0 Å². The van der Waals surface area contributed by atoms with E-state index in [1.165, 1.54) is 19.3 Å². The Morgan fingerprint density at radius 3 is 2.44 bits per heavy atom. The Morgan fingerprint density at radius 2 is 2.00 bits per heavy atom. The van der Waals surface area contributed by atoms with Crippen LogP contribution in [0.4, 0.5) is 0 Å². The summed E-state index contributed by atoms with van der Waals surface area (Å²) in [5.74, 6) is 0.649. The van der Waals surface area contributed by atoms with Crippen LogP contribution in [0.15, 0.2) is 0 Å². The van der Waals surface area contributed by atoms with Gasteiger partial charge in [0.2, 0.25) is 5.91 Å². The van der Waals surface area contributed by atoms with Crippen LogP contribution in [0.2, 0.25) is 0 Å². The lowest BCUT2D eigenvalue weighted by Gasteiger charge is -2.40. The van der Waals surface area contributed by atoms with E-state index in [-0.39, 0.29) is 5.91 Å². The summed E-state index contributed by atoms with van der Waals surface area (Å²) in [5.41, 5.74) is 5.08. The van der Waals surface area contributed by atoms with E-state index in [9.17, 15) is 4.79 Å². The molecule has 104 valence electrons. The van der Waals surface area contributed by atoms with Gasteiger partial charge in [0.15, 0.2) is 0 Å². The molecular formula is C14H26N2OS. The lowest BCUT2D eigenvalue weighted by atomic mass is 9.81. The van der Waals surface area contributed by atoms with Crippen molar-refractivity contribution in [1.29, 1.82) is 0 Å². The summed E-state index contributed by atoms with van der Waals surface area (Å²) in [5, 5.41) is 0. The molecule has 1 aliphatic rings. The fraction of sp³-hybridized carbons (Fsp3) is 0.857. The quantitative estimate of drug-likeness (QED) is 0.799. The fourth-order valence-corrected chi connectivity index (χ4v) is 3.07. The van der Waals surface area contributed by atoms with Crippen molar-refractivity contribution in [3.05, 3.63) is 0 Å². The lowest BCUT2D eigenvalue weighted by Crippen LogP contribution is -2.52. The van der Waals surface area contributed by atoms with Crippen LogP contribution in [0.5, 0.6) is 0 Å². The maximum absolute atomic E-state index is 12.6. The predicted octanol–water partition coefficient (Wildman–Crippen LogP) is 2.73. The van der Waals surface area contributed by atoms with Crippen molar-refractivity contribution < 1.29 is 4.79 Å². The smallest absolute Gasteiger partial charge is 0.235 e. The first kappa shape index (κ1) is 15.4. The molecule has 3 atom stereocenters. The van der Waals surface area contributed by atoms with Crippen LogP contribution in [0.3, 0.4) is 0 Å². The van der Waals surface area contributed by atoms with E-state index < -0.39 is 5.41 Å². The molecule has 0 spiro atoms. The molecule has 3 unspecified atom stereocenters. The topological polar surface area (TPSA) is 46.3 Å². The minimum atomic E-state index is -0.693. The Hall–Kier alpha value is -0.640. The molecule has 2 N–H and O–H groups in total. The number of carbonyl (C=O) groups excluding carboxylic acids is 1. The van der Waals surface area contributed by atoms with Crippen molar-refractivity contribution in [1.82, 2.24) is 4.90 Å².